The highest BCUT2D eigenvalue weighted by molar-refractivity contribution is 14.0. The average Bonchev–Trinajstić information content (AvgIpc) is 3.34. The molecule has 6 nitrogen and oxygen atoms in total. The van der Waals surface area contributed by atoms with Crippen molar-refractivity contribution in [3.63, 3.8) is 0 Å². The van der Waals surface area contributed by atoms with Gasteiger partial charge in [0.1, 0.15) is 0 Å². The SMILES string of the molecule is CCc1cnc(CCNC(=NC)NCCN(CCOC)C2CC2)s1.I. The van der Waals surface area contributed by atoms with Gasteiger partial charge in [-0.05, 0) is 19.3 Å². The third-order valence-corrected chi connectivity index (χ3v) is 5.34. The van der Waals surface area contributed by atoms with E-state index in [0.29, 0.717) is 0 Å². The van der Waals surface area contributed by atoms with Crippen molar-refractivity contribution >= 4 is 41.3 Å². The Morgan fingerprint density at radius 3 is 2.72 bits per heavy atom. The van der Waals surface area contributed by atoms with Crippen LogP contribution in [0, 0.1) is 0 Å². The number of guanidine groups is 1. The molecule has 1 aromatic rings. The minimum atomic E-state index is 0. The maximum atomic E-state index is 5.20. The number of ether oxygens (including phenoxy) is 1. The molecule has 1 aromatic heterocycles. The lowest BCUT2D eigenvalue weighted by Crippen LogP contribution is -2.43. The Kier molecular flexibility index (Phi) is 11.6. The first kappa shape index (κ1) is 22.6. The summed E-state index contributed by atoms with van der Waals surface area (Å²) in [4.78, 5) is 12.6. The molecule has 2 N–H and O–H groups in total. The predicted octanol–water partition coefficient (Wildman–Crippen LogP) is 2.14. The third kappa shape index (κ3) is 8.65. The number of aliphatic imine (C=N–C) groups is 1. The number of aromatic nitrogens is 1. The zero-order valence-electron chi connectivity index (χ0n) is 15.6. The van der Waals surface area contributed by atoms with E-state index in [2.05, 4.69) is 32.4 Å². The number of nitrogens with one attached hydrogen (secondary N) is 2. The van der Waals surface area contributed by atoms with Crippen molar-refractivity contribution in [2.45, 2.75) is 38.6 Å². The molecule has 1 heterocycles. The van der Waals surface area contributed by atoms with E-state index in [1.807, 2.05) is 13.2 Å². The quantitative estimate of drug-likeness (QED) is 0.288. The largest absolute Gasteiger partial charge is 0.383 e. The number of nitrogens with zero attached hydrogens (tertiary/aromatic N) is 3. The van der Waals surface area contributed by atoms with E-state index >= 15 is 0 Å². The second-order valence-electron chi connectivity index (χ2n) is 6.01. The molecule has 0 amide bonds. The maximum Gasteiger partial charge on any atom is 0.191 e. The summed E-state index contributed by atoms with van der Waals surface area (Å²) in [5.74, 6) is 0.866. The van der Waals surface area contributed by atoms with Gasteiger partial charge < -0.3 is 15.4 Å². The minimum absolute atomic E-state index is 0. The molecule has 0 aromatic carbocycles. The first-order valence-electron chi connectivity index (χ1n) is 8.87. The highest BCUT2D eigenvalue weighted by Crippen LogP contribution is 2.25. The van der Waals surface area contributed by atoms with Crippen LogP contribution in [0.15, 0.2) is 11.2 Å². The summed E-state index contributed by atoms with van der Waals surface area (Å²) in [6.45, 7) is 6.76. The molecule has 2 rings (SSSR count). The minimum Gasteiger partial charge on any atom is -0.383 e. The van der Waals surface area contributed by atoms with Gasteiger partial charge in [0.15, 0.2) is 5.96 Å². The van der Waals surface area contributed by atoms with Gasteiger partial charge in [0.25, 0.3) is 0 Å². The zero-order chi connectivity index (χ0) is 17.2. The Hall–Kier alpha value is -0.450. The van der Waals surface area contributed by atoms with E-state index < -0.39 is 0 Å². The lowest BCUT2D eigenvalue weighted by Gasteiger charge is -2.22. The van der Waals surface area contributed by atoms with Crippen LogP contribution in [0.5, 0.6) is 0 Å². The van der Waals surface area contributed by atoms with Gasteiger partial charge in [-0.15, -0.1) is 35.3 Å². The molecule has 0 bridgehead atoms. The fourth-order valence-corrected chi connectivity index (χ4v) is 3.44. The van der Waals surface area contributed by atoms with Crippen molar-refractivity contribution in [1.29, 1.82) is 0 Å². The predicted molar refractivity (Wildman–Crippen MR) is 116 cm³/mol. The molecule has 8 heteroatoms. The summed E-state index contributed by atoms with van der Waals surface area (Å²) >= 11 is 1.80. The standard InChI is InChI=1S/C17H31N5OS.HI/c1-4-15-13-21-16(24-15)7-8-19-17(18-2)20-9-10-22(11-12-23-3)14-5-6-14;/h13-14H,4-12H2,1-3H3,(H2,18,19,20);1H. The Balaban J connectivity index is 0.00000312. The molecule has 1 aliphatic carbocycles. The van der Waals surface area contributed by atoms with Gasteiger partial charge in [0.2, 0.25) is 0 Å². The molecule has 0 aliphatic heterocycles. The van der Waals surface area contributed by atoms with E-state index in [4.69, 9.17) is 4.74 Å². The Morgan fingerprint density at radius 2 is 2.12 bits per heavy atom. The Labute approximate surface area is 172 Å². The van der Waals surface area contributed by atoms with Crippen LogP contribution in [-0.4, -0.2) is 68.8 Å². The van der Waals surface area contributed by atoms with Crippen molar-refractivity contribution in [3.05, 3.63) is 16.1 Å². The molecule has 1 aliphatic rings. The fraction of sp³-hybridized carbons (Fsp3) is 0.765. The molecule has 0 unspecified atom stereocenters. The molecular weight excluding hydrogens is 449 g/mol. The van der Waals surface area contributed by atoms with E-state index in [9.17, 15) is 0 Å². The molecule has 1 fully saturated rings. The number of thiazole rings is 1. The van der Waals surface area contributed by atoms with Crippen LogP contribution in [0.4, 0.5) is 0 Å². The van der Waals surface area contributed by atoms with Crippen LogP contribution in [0.3, 0.4) is 0 Å². The van der Waals surface area contributed by atoms with Gasteiger partial charge in [-0.3, -0.25) is 9.89 Å². The molecule has 0 saturated heterocycles. The summed E-state index contributed by atoms with van der Waals surface area (Å²) in [7, 11) is 3.58. The summed E-state index contributed by atoms with van der Waals surface area (Å²) in [5.41, 5.74) is 0. The van der Waals surface area contributed by atoms with Crippen molar-refractivity contribution in [2.24, 2.45) is 4.99 Å². The highest BCUT2D eigenvalue weighted by Gasteiger charge is 2.28. The normalized spacial score (nSPS) is 14.5. The molecule has 144 valence electrons. The van der Waals surface area contributed by atoms with Crippen LogP contribution in [0.1, 0.15) is 29.7 Å². The Morgan fingerprint density at radius 1 is 1.36 bits per heavy atom. The van der Waals surface area contributed by atoms with Crippen LogP contribution < -0.4 is 10.6 Å². The number of halogens is 1. The number of hydrogen-bond acceptors (Lipinski definition) is 5. The highest BCUT2D eigenvalue weighted by atomic mass is 127. The van der Waals surface area contributed by atoms with E-state index in [-0.39, 0.29) is 24.0 Å². The van der Waals surface area contributed by atoms with Crippen molar-refractivity contribution in [2.75, 3.05) is 46.9 Å². The average molecular weight is 481 g/mol. The smallest absolute Gasteiger partial charge is 0.191 e. The Bertz CT molecular complexity index is 507. The van der Waals surface area contributed by atoms with Crippen LogP contribution >= 0.6 is 35.3 Å². The number of aryl methyl sites for hydroxylation is 1. The number of hydrogen-bond donors (Lipinski definition) is 2. The van der Waals surface area contributed by atoms with Gasteiger partial charge >= 0.3 is 0 Å². The topological polar surface area (TPSA) is 61.8 Å². The summed E-state index contributed by atoms with van der Waals surface area (Å²) in [5, 5.41) is 7.96. The first-order valence-corrected chi connectivity index (χ1v) is 9.69. The van der Waals surface area contributed by atoms with Crippen LogP contribution in [0.25, 0.3) is 0 Å². The van der Waals surface area contributed by atoms with Crippen LogP contribution in [-0.2, 0) is 17.6 Å². The van der Waals surface area contributed by atoms with Crippen molar-refractivity contribution < 1.29 is 4.74 Å². The number of methoxy groups -OCH3 is 1. The van der Waals surface area contributed by atoms with Crippen LogP contribution in [0.2, 0.25) is 0 Å². The maximum absolute atomic E-state index is 5.20. The first-order chi connectivity index (χ1) is 11.8. The second kappa shape index (κ2) is 12.8. The molecule has 0 spiro atoms. The number of rotatable bonds is 11. The fourth-order valence-electron chi connectivity index (χ4n) is 2.58. The summed E-state index contributed by atoms with van der Waals surface area (Å²) in [6, 6.07) is 0.759. The van der Waals surface area contributed by atoms with Crippen molar-refractivity contribution in [1.82, 2.24) is 20.5 Å². The second-order valence-corrected chi connectivity index (χ2v) is 7.21. The van der Waals surface area contributed by atoms with E-state index in [0.717, 1.165) is 57.6 Å². The van der Waals surface area contributed by atoms with E-state index in [1.54, 1.807) is 18.4 Å². The summed E-state index contributed by atoms with van der Waals surface area (Å²) in [6.07, 6.45) is 6.64. The van der Waals surface area contributed by atoms with Gasteiger partial charge in [-0.1, -0.05) is 6.92 Å². The molecular formula is C17H32IN5OS. The monoisotopic (exact) mass is 481 g/mol. The van der Waals surface area contributed by atoms with Gasteiger partial charge in [0.05, 0.1) is 11.6 Å². The lowest BCUT2D eigenvalue weighted by atomic mass is 10.4. The van der Waals surface area contributed by atoms with Crippen molar-refractivity contribution in [3.8, 4) is 0 Å². The zero-order valence-corrected chi connectivity index (χ0v) is 18.7. The van der Waals surface area contributed by atoms with Gasteiger partial charge in [-0.2, -0.15) is 0 Å². The summed E-state index contributed by atoms with van der Waals surface area (Å²) < 4.78 is 5.20. The molecule has 0 atom stereocenters. The van der Waals surface area contributed by atoms with Gasteiger partial charge in [-0.25, -0.2) is 4.98 Å². The molecule has 25 heavy (non-hydrogen) atoms. The molecule has 1 saturated carbocycles. The van der Waals surface area contributed by atoms with E-state index in [1.165, 1.54) is 22.7 Å². The lowest BCUT2D eigenvalue weighted by molar-refractivity contribution is 0.144. The molecule has 0 radical (unpaired) electrons. The van der Waals surface area contributed by atoms with Gasteiger partial charge in [0, 0.05) is 63.9 Å². The third-order valence-electron chi connectivity index (χ3n) is 4.14.